The maximum atomic E-state index is 6.83. The number of unbranched alkanes of at least 4 members (excludes halogenated alkanes) is 10. The molecule has 0 aliphatic rings. The summed E-state index contributed by atoms with van der Waals surface area (Å²) in [4.78, 5) is 2.55. The van der Waals surface area contributed by atoms with Crippen LogP contribution in [0.25, 0.3) is 20.9 Å². The molecule has 2 heterocycles. The summed E-state index contributed by atoms with van der Waals surface area (Å²) in [5.74, 6) is 0. The van der Waals surface area contributed by atoms with Crippen molar-refractivity contribution in [1.29, 1.82) is 0 Å². The fourth-order valence-corrected chi connectivity index (χ4v) is 8.40. The van der Waals surface area contributed by atoms with Gasteiger partial charge in [-0.1, -0.05) is 102 Å². The van der Waals surface area contributed by atoms with Crippen molar-refractivity contribution in [1.82, 2.24) is 0 Å². The normalized spacial score (nSPS) is 11.5. The minimum atomic E-state index is 0.837. The van der Waals surface area contributed by atoms with E-state index < -0.39 is 0 Å². The fraction of sp³-hybridized carbons (Fsp3) is 0.533. The van der Waals surface area contributed by atoms with Gasteiger partial charge in [0.25, 0.3) is 0 Å². The number of hydrogen-bond acceptors (Lipinski definition) is 2. The first-order valence-corrected chi connectivity index (χ1v) is 17.0. The quantitative estimate of drug-likeness (QED) is 0.134. The predicted octanol–water partition coefficient (Wildman–Crippen LogP) is 13.1. The Morgan fingerprint density at radius 2 is 1.11 bits per heavy atom. The zero-order valence-electron chi connectivity index (χ0n) is 21.2. The molecule has 1 aromatic carbocycles. The molecule has 0 radical (unpaired) electrons. The van der Waals surface area contributed by atoms with Crippen LogP contribution >= 0.6 is 66.1 Å². The molecule has 2 aromatic heterocycles. The number of benzene rings is 1. The van der Waals surface area contributed by atoms with Gasteiger partial charge in [-0.15, -0.1) is 22.7 Å². The summed E-state index contributed by atoms with van der Waals surface area (Å²) < 4.78 is 2.52. The second-order valence-electron chi connectivity index (χ2n) is 9.55. The van der Waals surface area contributed by atoms with Gasteiger partial charge in [0.1, 0.15) is 0 Å². The molecule has 0 fully saturated rings. The van der Waals surface area contributed by atoms with E-state index in [0.29, 0.717) is 0 Å². The minimum absolute atomic E-state index is 0.837. The molecule has 0 bridgehead atoms. The summed E-state index contributed by atoms with van der Waals surface area (Å²) in [5.41, 5.74) is 5.20. The monoisotopic (exact) mass is 656 g/mol. The van der Waals surface area contributed by atoms with Crippen LogP contribution in [0, 0.1) is 0 Å². The number of aryl methyl sites for hydroxylation is 2. The van der Waals surface area contributed by atoms with E-state index in [-0.39, 0.29) is 0 Å². The van der Waals surface area contributed by atoms with Crippen molar-refractivity contribution in [2.24, 2.45) is 0 Å². The van der Waals surface area contributed by atoms with Crippen molar-refractivity contribution in [2.45, 2.75) is 104 Å². The van der Waals surface area contributed by atoms with E-state index in [2.05, 4.69) is 76.0 Å². The molecule has 0 saturated heterocycles. The number of halogens is 3. The van der Waals surface area contributed by atoms with Crippen LogP contribution in [-0.2, 0) is 12.8 Å². The Kier molecular flexibility index (Phi) is 13.4. The lowest BCUT2D eigenvalue weighted by molar-refractivity contribution is 0.607. The standard InChI is InChI=1S/C30H39Br2ClS2/c1-3-5-7-9-11-13-15-23-20-27(34-29(23)31)22-17-18-25(26(33)19-22)28-21-24(30(32)35-28)16-14-12-10-8-6-4-2/h17-21H,3-16H2,1-2H3. The van der Waals surface area contributed by atoms with Crippen LogP contribution in [-0.4, -0.2) is 0 Å². The van der Waals surface area contributed by atoms with E-state index in [1.165, 1.54) is 111 Å². The van der Waals surface area contributed by atoms with Gasteiger partial charge in [0.05, 0.1) is 7.57 Å². The lowest BCUT2D eigenvalue weighted by Gasteiger charge is -2.05. The van der Waals surface area contributed by atoms with Crippen LogP contribution in [0.1, 0.15) is 102 Å². The van der Waals surface area contributed by atoms with Gasteiger partial charge >= 0.3 is 0 Å². The van der Waals surface area contributed by atoms with E-state index in [9.17, 15) is 0 Å². The van der Waals surface area contributed by atoms with E-state index in [0.717, 1.165) is 23.4 Å². The predicted molar refractivity (Wildman–Crippen MR) is 168 cm³/mol. The SMILES string of the molecule is CCCCCCCCc1cc(-c2ccc(-c3cc(CCCCCCCC)c(Br)s3)c(Cl)c2)sc1Br. The lowest BCUT2D eigenvalue weighted by atomic mass is 10.0. The van der Waals surface area contributed by atoms with Crippen LogP contribution in [0.3, 0.4) is 0 Å². The van der Waals surface area contributed by atoms with Gasteiger partial charge in [-0.2, -0.15) is 0 Å². The Morgan fingerprint density at radius 1 is 0.629 bits per heavy atom. The summed E-state index contributed by atoms with van der Waals surface area (Å²) >= 11 is 18.1. The molecule has 35 heavy (non-hydrogen) atoms. The molecule has 0 amide bonds. The Hall–Kier alpha value is -0.130. The summed E-state index contributed by atoms with van der Waals surface area (Å²) in [7, 11) is 0. The zero-order valence-corrected chi connectivity index (χ0v) is 26.8. The average molecular weight is 659 g/mol. The fourth-order valence-electron chi connectivity index (χ4n) is 4.49. The molecule has 0 nitrogen and oxygen atoms in total. The maximum absolute atomic E-state index is 6.83. The summed E-state index contributed by atoms with van der Waals surface area (Å²) in [6.07, 6.45) is 18.3. The zero-order chi connectivity index (χ0) is 25.0. The summed E-state index contributed by atoms with van der Waals surface area (Å²) in [5, 5.41) is 0.837. The highest BCUT2D eigenvalue weighted by atomic mass is 79.9. The van der Waals surface area contributed by atoms with E-state index in [1.807, 2.05) is 11.3 Å². The van der Waals surface area contributed by atoms with E-state index >= 15 is 0 Å². The van der Waals surface area contributed by atoms with Crippen molar-refractivity contribution >= 4 is 66.1 Å². The van der Waals surface area contributed by atoms with Gasteiger partial charge in [-0.05, 0) is 92.4 Å². The summed E-state index contributed by atoms with van der Waals surface area (Å²) in [6.45, 7) is 4.55. The lowest BCUT2D eigenvalue weighted by Crippen LogP contribution is -1.85. The highest BCUT2D eigenvalue weighted by Gasteiger charge is 2.14. The second kappa shape index (κ2) is 16.0. The van der Waals surface area contributed by atoms with Gasteiger partial charge < -0.3 is 0 Å². The van der Waals surface area contributed by atoms with Crippen molar-refractivity contribution in [2.75, 3.05) is 0 Å². The molecular weight excluding hydrogens is 620 g/mol. The molecule has 5 heteroatoms. The van der Waals surface area contributed by atoms with Crippen molar-refractivity contribution < 1.29 is 0 Å². The second-order valence-corrected chi connectivity index (χ2v) is 14.7. The third-order valence-corrected chi connectivity index (χ3v) is 10.9. The van der Waals surface area contributed by atoms with Crippen LogP contribution < -0.4 is 0 Å². The minimum Gasteiger partial charge on any atom is -0.128 e. The van der Waals surface area contributed by atoms with Crippen LogP contribution in [0.5, 0.6) is 0 Å². The summed E-state index contributed by atoms with van der Waals surface area (Å²) in [6, 6.07) is 11.3. The van der Waals surface area contributed by atoms with Crippen molar-refractivity contribution in [3.8, 4) is 20.9 Å². The molecule has 3 aromatic rings. The Labute approximate surface area is 243 Å². The highest BCUT2D eigenvalue weighted by Crippen LogP contribution is 2.42. The van der Waals surface area contributed by atoms with Crippen molar-refractivity contribution in [3.63, 3.8) is 0 Å². The van der Waals surface area contributed by atoms with Crippen LogP contribution in [0.15, 0.2) is 37.9 Å². The Morgan fingerprint density at radius 3 is 1.66 bits per heavy atom. The third-order valence-electron chi connectivity index (χ3n) is 6.63. The number of thiophene rings is 2. The van der Waals surface area contributed by atoms with Gasteiger partial charge in [0.2, 0.25) is 0 Å². The van der Waals surface area contributed by atoms with Crippen molar-refractivity contribution in [3.05, 3.63) is 54.1 Å². The Bertz CT molecular complexity index is 1040. The molecular formula is C30H39Br2ClS2. The van der Waals surface area contributed by atoms with Gasteiger partial charge in [-0.3, -0.25) is 0 Å². The van der Waals surface area contributed by atoms with E-state index in [1.54, 1.807) is 11.3 Å². The smallest absolute Gasteiger partial charge is 0.0737 e. The molecule has 0 N–H and O–H groups in total. The van der Waals surface area contributed by atoms with Gasteiger partial charge in [0.15, 0.2) is 0 Å². The third kappa shape index (κ3) is 9.28. The molecule has 192 valence electrons. The number of hydrogen-bond donors (Lipinski definition) is 0. The first-order chi connectivity index (χ1) is 17.0. The molecule has 0 unspecified atom stereocenters. The average Bonchev–Trinajstić information content (AvgIpc) is 3.40. The first-order valence-electron chi connectivity index (χ1n) is 13.4. The number of rotatable bonds is 16. The first kappa shape index (κ1) is 29.4. The largest absolute Gasteiger partial charge is 0.128 e. The topological polar surface area (TPSA) is 0 Å². The van der Waals surface area contributed by atoms with E-state index in [4.69, 9.17) is 11.6 Å². The van der Waals surface area contributed by atoms with Gasteiger partial charge in [-0.25, -0.2) is 0 Å². The molecule has 0 aliphatic heterocycles. The molecule has 0 atom stereocenters. The maximum Gasteiger partial charge on any atom is 0.0737 e. The molecule has 0 spiro atoms. The Balaban J connectivity index is 1.60. The van der Waals surface area contributed by atoms with Crippen LogP contribution in [0.2, 0.25) is 5.02 Å². The molecule has 0 saturated carbocycles. The van der Waals surface area contributed by atoms with Crippen LogP contribution in [0.4, 0.5) is 0 Å². The molecule has 0 aliphatic carbocycles. The molecule has 3 rings (SSSR count). The highest BCUT2D eigenvalue weighted by molar-refractivity contribution is 9.11. The van der Waals surface area contributed by atoms with Gasteiger partial charge in [0, 0.05) is 20.3 Å².